The van der Waals surface area contributed by atoms with Crippen LogP contribution in [0.15, 0.2) is 48.5 Å². The molecule has 6 heteroatoms. The van der Waals surface area contributed by atoms with Crippen LogP contribution in [-0.2, 0) is 14.8 Å². The fourth-order valence-electron chi connectivity index (χ4n) is 3.14. The summed E-state index contributed by atoms with van der Waals surface area (Å²) < 4.78 is 26.2. The minimum absolute atomic E-state index is 0.166. The number of amides is 1. The van der Waals surface area contributed by atoms with Gasteiger partial charge in [-0.05, 0) is 49.9 Å². The molecule has 2 rings (SSSR count). The minimum Gasteiger partial charge on any atom is -0.347 e. The summed E-state index contributed by atoms with van der Waals surface area (Å²) in [5.41, 5.74) is 3.28. The highest BCUT2D eigenvalue weighted by Crippen LogP contribution is 2.27. The smallest absolute Gasteiger partial charge is 0.244 e. The molecule has 0 heterocycles. The van der Waals surface area contributed by atoms with Crippen molar-refractivity contribution < 1.29 is 13.2 Å². The molecule has 0 saturated heterocycles. The van der Waals surface area contributed by atoms with Gasteiger partial charge in [0.25, 0.3) is 0 Å². The van der Waals surface area contributed by atoms with E-state index in [4.69, 9.17) is 0 Å². The molecule has 0 aliphatic heterocycles. The van der Waals surface area contributed by atoms with Gasteiger partial charge in [-0.15, -0.1) is 0 Å². The summed E-state index contributed by atoms with van der Waals surface area (Å²) in [6.07, 6.45) is 1.85. The summed E-state index contributed by atoms with van der Waals surface area (Å²) in [5, 5.41) is 2.99. The fourth-order valence-corrected chi connectivity index (χ4v) is 4.36. The summed E-state index contributed by atoms with van der Waals surface area (Å²) in [5.74, 6) is -0.322. The second kappa shape index (κ2) is 8.57. The van der Waals surface area contributed by atoms with Crippen LogP contribution in [0.4, 0.5) is 5.69 Å². The Kier molecular flexibility index (Phi) is 6.65. The van der Waals surface area contributed by atoms with Crippen LogP contribution >= 0.6 is 0 Å². The van der Waals surface area contributed by atoms with Crippen molar-refractivity contribution >= 4 is 21.6 Å². The zero-order valence-electron chi connectivity index (χ0n) is 16.6. The number of aryl methyl sites for hydroxylation is 2. The van der Waals surface area contributed by atoms with Gasteiger partial charge in [-0.3, -0.25) is 9.10 Å². The molecule has 0 bridgehead atoms. The lowest BCUT2D eigenvalue weighted by Crippen LogP contribution is -2.48. The number of hydrogen-bond acceptors (Lipinski definition) is 3. The molecule has 2 aromatic carbocycles. The van der Waals surface area contributed by atoms with Gasteiger partial charge in [-0.1, -0.05) is 49.4 Å². The van der Waals surface area contributed by atoms with E-state index < -0.39 is 16.1 Å². The quantitative estimate of drug-likeness (QED) is 0.786. The zero-order valence-corrected chi connectivity index (χ0v) is 17.4. The number of hydrogen-bond donors (Lipinski definition) is 1. The lowest BCUT2D eigenvalue weighted by atomic mass is 10.0. The van der Waals surface area contributed by atoms with E-state index >= 15 is 0 Å². The summed E-state index contributed by atoms with van der Waals surface area (Å²) in [7, 11) is -3.64. The third kappa shape index (κ3) is 5.10. The number of carbonyl (C=O) groups is 1. The van der Waals surface area contributed by atoms with Gasteiger partial charge in [-0.25, -0.2) is 8.42 Å². The summed E-state index contributed by atoms with van der Waals surface area (Å²) in [6, 6.07) is 14.2. The molecule has 0 aromatic heterocycles. The van der Waals surface area contributed by atoms with Crippen molar-refractivity contribution in [3.8, 4) is 0 Å². The van der Waals surface area contributed by atoms with Gasteiger partial charge in [0.1, 0.15) is 6.04 Å². The molecule has 0 unspecified atom stereocenters. The van der Waals surface area contributed by atoms with Crippen LogP contribution in [-0.4, -0.2) is 26.6 Å². The average molecular weight is 389 g/mol. The van der Waals surface area contributed by atoms with Crippen molar-refractivity contribution in [3.63, 3.8) is 0 Å². The van der Waals surface area contributed by atoms with Crippen molar-refractivity contribution in [2.45, 2.75) is 46.2 Å². The Labute approximate surface area is 162 Å². The van der Waals surface area contributed by atoms with Crippen LogP contribution in [0.25, 0.3) is 0 Å². The van der Waals surface area contributed by atoms with Crippen molar-refractivity contribution in [2.24, 2.45) is 0 Å². The Balaban J connectivity index is 2.34. The highest BCUT2D eigenvalue weighted by Gasteiger charge is 2.31. The van der Waals surface area contributed by atoms with Gasteiger partial charge >= 0.3 is 0 Å². The highest BCUT2D eigenvalue weighted by molar-refractivity contribution is 7.92. The lowest BCUT2D eigenvalue weighted by Gasteiger charge is -2.31. The van der Waals surface area contributed by atoms with Gasteiger partial charge in [0.05, 0.1) is 18.0 Å². The molecule has 146 valence electrons. The van der Waals surface area contributed by atoms with Gasteiger partial charge in [-0.2, -0.15) is 0 Å². The largest absolute Gasteiger partial charge is 0.347 e. The Morgan fingerprint density at radius 3 is 2.30 bits per heavy atom. The predicted octanol–water partition coefficient (Wildman–Crippen LogP) is 3.73. The summed E-state index contributed by atoms with van der Waals surface area (Å²) in [6.45, 7) is 7.35. The van der Waals surface area contributed by atoms with Gasteiger partial charge in [0, 0.05) is 0 Å². The van der Waals surface area contributed by atoms with E-state index in [-0.39, 0.29) is 11.9 Å². The predicted molar refractivity (Wildman–Crippen MR) is 110 cm³/mol. The number of benzene rings is 2. The van der Waals surface area contributed by atoms with Crippen LogP contribution in [0.5, 0.6) is 0 Å². The summed E-state index contributed by atoms with van der Waals surface area (Å²) >= 11 is 0. The van der Waals surface area contributed by atoms with Gasteiger partial charge in [0.15, 0.2) is 0 Å². The maximum Gasteiger partial charge on any atom is 0.244 e. The topological polar surface area (TPSA) is 66.5 Å². The van der Waals surface area contributed by atoms with Crippen molar-refractivity contribution in [1.82, 2.24) is 5.32 Å². The Morgan fingerprint density at radius 2 is 1.74 bits per heavy atom. The average Bonchev–Trinajstić information content (AvgIpc) is 2.62. The first-order valence-corrected chi connectivity index (χ1v) is 10.9. The Morgan fingerprint density at radius 1 is 1.11 bits per heavy atom. The third-order valence-electron chi connectivity index (χ3n) is 4.62. The molecule has 0 aliphatic carbocycles. The van der Waals surface area contributed by atoms with Crippen LogP contribution < -0.4 is 9.62 Å². The van der Waals surface area contributed by atoms with Gasteiger partial charge < -0.3 is 5.32 Å². The van der Waals surface area contributed by atoms with Crippen LogP contribution in [0.3, 0.4) is 0 Å². The van der Waals surface area contributed by atoms with Crippen molar-refractivity contribution in [1.29, 1.82) is 0 Å². The first kappa shape index (κ1) is 21.0. The molecule has 1 amide bonds. The van der Waals surface area contributed by atoms with E-state index in [0.717, 1.165) is 22.9 Å². The second-order valence-electron chi connectivity index (χ2n) is 6.90. The lowest BCUT2D eigenvalue weighted by molar-refractivity contribution is -0.122. The zero-order chi connectivity index (χ0) is 20.2. The van der Waals surface area contributed by atoms with Crippen molar-refractivity contribution in [3.05, 3.63) is 65.2 Å². The molecule has 0 aliphatic rings. The summed E-state index contributed by atoms with van der Waals surface area (Å²) in [4.78, 5) is 12.9. The van der Waals surface area contributed by atoms with E-state index in [2.05, 4.69) is 5.32 Å². The molecular formula is C21H28N2O3S. The standard InChI is InChI=1S/C21H28N2O3S/c1-6-19(18-10-8-7-9-11-18)22-21(24)17(4)23(27(5,25)26)20-14-15(2)12-13-16(20)3/h7-14,17,19H,6H2,1-5H3,(H,22,24)/t17-,19-/m1/s1. The highest BCUT2D eigenvalue weighted by atomic mass is 32.2. The maximum absolute atomic E-state index is 12.9. The number of anilines is 1. The molecular weight excluding hydrogens is 360 g/mol. The normalized spacial score (nSPS) is 13.7. The monoisotopic (exact) mass is 388 g/mol. The maximum atomic E-state index is 12.9. The molecule has 2 aromatic rings. The SMILES string of the molecule is CC[C@@H](NC(=O)[C@@H](C)N(c1cc(C)ccc1C)S(C)(=O)=O)c1ccccc1. The van der Waals surface area contributed by atoms with E-state index in [9.17, 15) is 13.2 Å². The minimum atomic E-state index is -3.64. The Hall–Kier alpha value is -2.34. The van der Waals surface area contributed by atoms with E-state index in [1.165, 1.54) is 4.31 Å². The van der Waals surface area contributed by atoms with E-state index in [1.807, 2.05) is 63.2 Å². The van der Waals surface area contributed by atoms with E-state index in [1.54, 1.807) is 13.0 Å². The molecule has 0 saturated carbocycles. The van der Waals surface area contributed by atoms with Gasteiger partial charge in [0.2, 0.25) is 15.9 Å². The van der Waals surface area contributed by atoms with Crippen LogP contribution in [0, 0.1) is 13.8 Å². The first-order valence-electron chi connectivity index (χ1n) is 9.07. The molecule has 27 heavy (non-hydrogen) atoms. The Bertz CT molecular complexity index is 895. The van der Waals surface area contributed by atoms with E-state index in [0.29, 0.717) is 12.1 Å². The van der Waals surface area contributed by atoms with Crippen molar-refractivity contribution in [2.75, 3.05) is 10.6 Å². The molecule has 5 nitrogen and oxygen atoms in total. The number of rotatable bonds is 7. The third-order valence-corrected chi connectivity index (χ3v) is 5.84. The number of nitrogens with zero attached hydrogens (tertiary/aromatic N) is 1. The van der Waals surface area contributed by atoms with Crippen LogP contribution in [0.2, 0.25) is 0 Å². The number of sulfonamides is 1. The number of carbonyl (C=O) groups excluding carboxylic acids is 1. The molecule has 2 atom stereocenters. The fraction of sp³-hybridized carbons (Fsp3) is 0.381. The molecule has 0 spiro atoms. The molecule has 1 N–H and O–H groups in total. The molecule has 0 radical (unpaired) electrons. The second-order valence-corrected chi connectivity index (χ2v) is 8.76. The number of nitrogens with one attached hydrogen (secondary N) is 1. The first-order chi connectivity index (χ1) is 12.6. The molecule has 0 fully saturated rings. The van der Waals surface area contributed by atoms with Crippen LogP contribution in [0.1, 0.15) is 43.0 Å².